The van der Waals surface area contributed by atoms with E-state index in [1.807, 2.05) is 44.2 Å². The van der Waals surface area contributed by atoms with Crippen LogP contribution in [-0.4, -0.2) is 33.2 Å². The number of carbonyl (C=O) groups excluding carboxylic acids is 1. The van der Waals surface area contributed by atoms with Crippen LogP contribution in [0, 0.1) is 5.92 Å². The molecule has 140 valence electrons. The van der Waals surface area contributed by atoms with E-state index in [9.17, 15) is 13.2 Å². The van der Waals surface area contributed by atoms with Crippen LogP contribution in [0.2, 0.25) is 0 Å². The Morgan fingerprint density at radius 3 is 2.15 bits per heavy atom. The first kappa shape index (κ1) is 20.3. The minimum absolute atomic E-state index is 0.0116. The minimum Gasteiger partial charge on any atom is -0.381 e. The number of carbonyl (C=O) groups is 1. The first-order valence-electron chi connectivity index (χ1n) is 8.86. The molecule has 0 saturated carbocycles. The van der Waals surface area contributed by atoms with Gasteiger partial charge in [0.25, 0.3) is 0 Å². The molecule has 0 aliphatic rings. The lowest BCUT2D eigenvalue weighted by Crippen LogP contribution is -2.23. The van der Waals surface area contributed by atoms with Gasteiger partial charge in [-0.1, -0.05) is 55.5 Å². The van der Waals surface area contributed by atoms with E-state index in [1.165, 1.54) is 12.1 Å². The molecule has 2 rings (SSSR count). The highest BCUT2D eigenvalue weighted by molar-refractivity contribution is 7.92. The SMILES string of the molecule is CCOC[C@@H](c1ccccc1)[C@H](C)CC(=O)CS(=O)(=O)c1ccccc1. The van der Waals surface area contributed by atoms with Gasteiger partial charge in [-0.05, 0) is 30.5 Å². The zero-order chi connectivity index (χ0) is 19.0. The Morgan fingerprint density at radius 2 is 1.58 bits per heavy atom. The molecule has 0 heterocycles. The molecule has 2 aromatic rings. The van der Waals surface area contributed by atoms with Crippen LogP contribution >= 0.6 is 0 Å². The monoisotopic (exact) mass is 374 g/mol. The van der Waals surface area contributed by atoms with Crippen LogP contribution in [0.25, 0.3) is 0 Å². The zero-order valence-corrected chi connectivity index (χ0v) is 16.1. The normalized spacial score (nSPS) is 13.9. The van der Waals surface area contributed by atoms with Crippen LogP contribution < -0.4 is 0 Å². The van der Waals surface area contributed by atoms with Crippen LogP contribution in [0.1, 0.15) is 31.7 Å². The second-order valence-electron chi connectivity index (χ2n) is 6.47. The Balaban J connectivity index is 2.06. The Labute approximate surface area is 156 Å². The molecule has 0 spiro atoms. The van der Waals surface area contributed by atoms with E-state index < -0.39 is 15.6 Å². The second kappa shape index (κ2) is 9.64. The van der Waals surface area contributed by atoms with Gasteiger partial charge in [0.15, 0.2) is 9.84 Å². The summed E-state index contributed by atoms with van der Waals surface area (Å²) >= 11 is 0. The average molecular weight is 375 g/mol. The van der Waals surface area contributed by atoms with Gasteiger partial charge >= 0.3 is 0 Å². The lowest BCUT2D eigenvalue weighted by molar-refractivity contribution is -0.117. The van der Waals surface area contributed by atoms with E-state index in [2.05, 4.69) is 0 Å². The van der Waals surface area contributed by atoms with Gasteiger partial charge in [0.1, 0.15) is 11.5 Å². The smallest absolute Gasteiger partial charge is 0.185 e. The lowest BCUT2D eigenvalue weighted by Gasteiger charge is -2.24. The molecule has 5 heteroatoms. The third-order valence-corrected chi connectivity index (χ3v) is 6.11. The average Bonchev–Trinajstić information content (AvgIpc) is 2.63. The molecule has 0 aromatic heterocycles. The van der Waals surface area contributed by atoms with Gasteiger partial charge in [-0.25, -0.2) is 8.42 Å². The Kier molecular flexibility index (Phi) is 7.54. The van der Waals surface area contributed by atoms with Crippen LogP contribution in [0.5, 0.6) is 0 Å². The third-order valence-electron chi connectivity index (χ3n) is 4.42. The summed E-state index contributed by atoms with van der Waals surface area (Å²) in [5, 5.41) is 0. The fourth-order valence-corrected chi connectivity index (χ4v) is 4.30. The number of ketones is 1. The van der Waals surface area contributed by atoms with Gasteiger partial charge in [0.2, 0.25) is 0 Å². The van der Waals surface area contributed by atoms with Gasteiger partial charge in [-0.3, -0.25) is 4.79 Å². The van der Waals surface area contributed by atoms with Gasteiger partial charge in [-0.15, -0.1) is 0 Å². The van der Waals surface area contributed by atoms with E-state index in [4.69, 9.17) is 4.74 Å². The predicted octanol–water partition coefficient (Wildman–Crippen LogP) is 3.88. The van der Waals surface area contributed by atoms with Crippen molar-refractivity contribution in [2.45, 2.75) is 31.1 Å². The number of sulfone groups is 1. The van der Waals surface area contributed by atoms with Crippen LogP contribution in [-0.2, 0) is 19.4 Å². The molecule has 0 unspecified atom stereocenters. The van der Waals surface area contributed by atoms with Crippen molar-refractivity contribution < 1.29 is 17.9 Å². The van der Waals surface area contributed by atoms with E-state index in [0.29, 0.717) is 13.2 Å². The van der Waals surface area contributed by atoms with Crippen molar-refractivity contribution in [3.63, 3.8) is 0 Å². The Bertz CT molecular complexity index is 785. The number of rotatable bonds is 10. The molecule has 0 fully saturated rings. The number of Topliss-reactive ketones (excluding diaryl/α,β-unsaturated/α-hetero) is 1. The summed E-state index contributed by atoms with van der Waals surface area (Å²) in [4.78, 5) is 12.6. The molecule has 0 bridgehead atoms. The summed E-state index contributed by atoms with van der Waals surface area (Å²) in [7, 11) is -3.59. The van der Waals surface area contributed by atoms with Crippen molar-refractivity contribution >= 4 is 15.6 Å². The third kappa shape index (κ3) is 5.78. The van der Waals surface area contributed by atoms with Crippen LogP contribution in [0.4, 0.5) is 0 Å². The van der Waals surface area contributed by atoms with E-state index >= 15 is 0 Å². The quantitative estimate of drug-likeness (QED) is 0.633. The topological polar surface area (TPSA) is 60.4 Å². The minimum atomic E-state index is -3.59. The van der Waals surface area contributed by atoms with E-state index in [0.717, 1.165) is 5.56 Å². The Hall–Kier alpha value is -1.98. The van der Waals surface area contributed by atoms with Gasteiger partial charge in [0, 0.05) is 18.9 Å². The molecular formula is C21H26O4S. The summed E-state index contributed by atoms with van der Waals surface area (Å²) in [6.07, 6.45) is 0.207. The maximum atomic E-state index is 12.4. The molecule has 2 atom stereocenters. The first-order chi connectivity index (χ1) is 12.4. The van der Waals surface area contributed by atoms with Gasteiger partial charge in [0.05, 0.1) is 11.5 Å². The summed E-state index contributed by atoms with van der Waals surface area (Å²) in [5.41, 5.74) is 1.10. The van der Waals surface area contributed by atoms with E-state index in [1.54, 1.807) is 18.2 Å². The largest absolute Gasteiger partial charge is 0.381 e. The van der Waals surface area contributed by atoms with Crippen molar-refractivity contribution in [3.05, 3.63) is 66.2 Å². The van der Waals surface area contributed by atoms with Crippen LogP contribution in [0.3, 0.4) is 0 Å². The number of hydrogen-bond acceptors (Lipinski definition) is 4. The molecule has 0 amide bonds. The van der Waals surface area contributed by atoms with Crippen molar-refractivity contribution in [3.8, 4) is 0 Å². The lowest BCUT2D eigenvalue weighted by atomic mass is 9.85. The molecule has 4 nitrogen and oxygen atoms in total. The van der Waals surface area contributed by atoms with Gasteiger partial charge < -0.3 is 4.74 Å². The number of benzene rings is 2. The maximum absolute atomic E-state index is 12.4. The fraction of sp³-hybridized carbons (Fsp3) is 0.381. The summed E-state index contributed by atoms with van der Waals surface area (Å²) in [6.45, 7) is 5.03. The maximum Gasteiger partial charge on any atom is 0.185 e. The Morgan fingerprint density at radius 1 is 1.00 bits per heavy atom. The first-order valence-corrected chi connectivity index (χ1v) is 10.5. The highest BCUT2D eigenvalue weighted by atomic mass is 32.2. The fourth-order valence-electron chi connectivity index (χ4n) is 3.02. The molecule has 0 N–H and O–H groups in total. The standard InChI is InChI=1S/C21H26O4S/c1-3-25-15-21(18-10-6-4-7-11-18)17(2)14-19(22)16-26(23,24)20-12-8-5-9-13-20/h4-13,17,21H,3,14-16H2,1-2H3/t17-,21-/m1/s1. The number of hydrogen-bond donors (Lipinski definition) is 0. The molecule has 0 radical (unpaired) electrons. The van der Waals surface area contributed by atoms with Crippen molar-refractivity contribution in [2.75, 3.05) is 19.0 Å². The molecule has 26 heavy (non-hydrogen) atoms. The zero-order valence-electron chi connectivity index (χ0n) is 15.3. The summed E-state index contributed by atoms with van der Waals surface area (Å²) < 4.78 is 30.4. The number of ether oxygens (including phenoxy) is 1. The van der Waals surface area contributed by atoms with Crippen molar-refractivity contribution in [1.29, 1.82) is 0 Å². The molecule has 2 aromatic carbocycles. The predicted molar refractivity (Wildman–Crippen MR) is 103 cm³/mol. The van der Waals surface area contributed by atoms with Crippen molar-refractivity contribution in [2.24, 2.45) is 5.92 Å². The summed E-state index contributed by atoms with van der Waals surface area (Å²) in [5.74, 6) is -0.682. The molecular weight excluding hydrogens is 348 g/mol. The molecule has 0 saturated heterocycles. The second-order valence-corrected chi connectivity index (χ2v) is 8.46. The van der Waals surface area contributed by atoms with E-state index in [-0.39, 0.29) is 28.9 Å². The van der Waals surface area contributed by atoms with Crippen LogP contribution in [0.15, 0.2) is 65.6 Å². The highest BCUT2D eigenvalue weighted by Crippen LogP contribution is 2.28. The molecule has 0 aliphatic heterocycles. The molecule has 0 aliphatic carbocycles. The summed E-state index contributed by atoms with van der Waals surface area (Å²) in [6, 6.07) is 18.0. The van der Waals surface area contributed by atoms with Crippen molar-refractivity contribution in [1.82, 2.24) is 0 Å². The highest BCUT2D eigenvalue weighted by Gasteiger charge is 2.25. The van der Waals surface area contributed by atoms with Gasteiger partial charge in [-0.2, -0.15) is 0 Å².